The fraction of sp³-hybridized carbons (Fsp3) is 0.348. The first-order valence-electron chi connectivity index (χ1n) is 9.89. The molecule has 2 heterocycles. The van der Waals surface area contributed by atoms with Crippen molar-refractivity contribution in [3.63, 3.8) is 0 Å². The van der Waals surface area contributed by atoms with E-state index in [1.807, 2.05) is 13.8 Å². The molecule has 3 rings (SSSR count). The standard InChI is InChI=1S/C23H26N2O5/c1-15(2)30-13-7-12-25-20(18-10-4-5-11-24-18)19(22(27)23(25)28)21(26)16-8-6-9-17(14-16)29-3/h4-6,8-11,14-15,20,26H,7,12-13H2,1-3H3/b21-19-. The van der Waals surface area contributed by atoms with Gasteiger partial charge < -0.3 is 19.5 Å². The van der Waals surface area contributed by atoms with Crippen LogP contribution in [0.5, 0.6) is 5.75 Å². The number of hydrogen-bond donors (Lipinski definition) is 1. The molecule has 1 unspecified atom stereocenters. The van der Waals surface area contributed by atoms with Crippen LogP contribution in [0.2, 0.25) is 0 Å². The number of aliphatic hydroxyl groups excluding tert-OH is 1. The van der Waals surface area contributed by atoms with E-state index in [9.17, 15) is 14.7 Å². The first-order chi connectivity index (χ1) is 14.4. The second kappa shape index (κ2) is 9.54. The highest BCUT2D eigenvalue weighted by Gasteiger charge is 2.46. The van der Waals surface area contributed by atoms with Gasteiger partial charge in [0, 0.05) is 24.9 Å². The van der Waals surface area contributed by atoms with Crippen LogP contribution in [0, 0.1) is 0 Å². The molecule has 7 nitrogen and oxygen atoms in total. The third-order valence-corrected chi connectivity index (χ3v) is 4.85. The maximum absolute atomic E-state index is 12.9. The van der Waals surface area contributed by atoms with Crippen LogP contribution < -0.4 is 4.74 Å². The molecule has 1 aliphatic heterocycles. The summed E-state index contributed by atoms with van der Waals surface area (Å²) in [5.74, 6) is -1.09. The van der Waals surface area contributed by atoms with E-state index in [2.05, 4.69) is 4.98 Å². The van der Waals surface area contributed by atoms with Gasteiger partial charge in [0.1, 0.15) is 17.6 Å². The number of methoxy groups -OCH3 is 1. The number of likely N-dealkylation sites (tertiary alicyclic amines) is 1. The first-order valence-corrected chi connectivity index (χ1v) is 9.89. The summed E-state index contributed by atoms with van der Waals surface area (Å²) < 4.78 is 10.8. The average molecular weight is 410 g/mol. The molecule has 1 aromatic heterocycles. The molecule has 2 aromatic rings. The summed E-state index contributed by atoms with van der Waals surface area (Å²) in [6, 6.07) is 11.3. The summed E-state index contributed by atoms with van der Waals surface area (Å²) in [6.07, 6.45) is 2.25. The highest BCUT2D eigenvalue weighted by molar-refractivity contribution is 6.46. The van der Waals surface area contributed by atoms with Crippen molar-refractivity contribution in [1.29, 1.82) is 0 Å². The fourth-order valence-electron chi connectivity index (χ4n) is 3.44. The lowest BCUT2D eigenvalue weighted by molar-refractivity contribution is -0.140. The van der Waals surface area contributed by atoms with Gasteiger partial charge in [-0.3, -0.25) is 14.6 Å². The molecule has 1 fully saturated rings. The van der Waals surface area contributed by atoms with Crippen molar-refractivity contribution in [3.05, 3.63) is 65.5 Å². The molecule has 0 radical (unpaired) electrons. The molecule has 7 heteroatoms. The van der Waals surface area contributed by atoms with Gasteiger partial charge >= 0.3 is 0 Å². The number of aromatic nitrogens is 1. The van der Waals surface area contributed by atoms with E-state index in [1.54, 1.807) is 48.7 Å². The van der Waals surface area contributed by atoms with Crippen molar-refractivity contribution >= 4 is 17.4 Å². The van der Waals surface area contributed by atoms with Gasteiger partial charge in [-0.1, -0.05) is 18.2 Å². The molecule has 0 bridgehead atoms. The number of ether oxygens (including phenoxy) is 2. The lowest BCUT2D eigenvalue weighted by atomic mass is 9.98. The second-order valence-electron chi connectivity index (χ2n) is 7.25. The summed E-state index contributed by atoms with van der Waals surface area (Å²) in [5, 5.41) is 11.0. The Balaban J connectivity index is 2.01. The van der Waals surface area contributed by atoms with Crippen molar-refractivity contribution in [2.45, 2.75) is 32.4 Å². The molecule has 1 atom stereocenters. The van der Waals surface area contributed by atoms with Gasteiger partial charge in [-0.15, -0.1) is 0 Å². The number of carbonyl (C=O) groups excluding carboxylic acids is 2. The summed E-state index contributed by atoms with van der Waals surface area (Å²) in [6.45, 7) is 4.65. The number of carbonyl (C=O) groups is 2. The van der Waals surface area contributed by atoms with Crippen molar-refractivity contribution in [3.8, 4) is 5.75 Å². The van der Waals surface area contributed by atoms with Crippen LogP contribution in [-0.2, 0) is 14.3 Å². The molecule has 1 saturated heterocycles. The summed E-state index contributed by atoms with van der Waals surface area (Å²) >= 11 is 0. The van der Waals surface area contributed by atoms with Gasteiger partial charge in [0.05, 0.1) is 24.5 Å². The summed E-state index contributed by atoms with van der Waals surface area (Å²) in [7, 11) is 1.52. The minimum absolute atomic E-state index is 0.0248. The summed E-state index contributed by atoms with van der Waals surface area (Å²) in [4.78, 5) is 31.5. The monoisotopic (exact) mass is 410 g/mol. The van der Waals surface area contributed by atoms with Gasteiger partial charge in [0.25, 0.3) is 11.7 Å². The zero-order valence-corrected chi connectivity index (χ0v) is 17.4. The zero-order chi connectivity index (χ0) is 21.7. The van der Waals surface area contributed by atoms with Crippen LogP contribution in [0.3, 0.4) is 0 Å². The topological polar surface area (TPSA) is 89.0 Å². The minimum atomic E-state index is -0.767. The third kappa shape index (κ3) is 4.52. The molecule has 1 aliphatic rings. The van der Waals surface area contributed by atoms with E-state index in [1.165, 1.54) is 12.0 Å². The molecule has 30 heavy (non-hydrogen) atoms. The Kier molecular flexibility index (Phi) is 6.84. The molecule has 1 N–H and O–H groups in total. The number of nitrogens with zero attached hydrogens (tertiary/aromatic N) is 2. The molecule has 0 saturated carbocycles. The van der Waals surface area contributed by atoms with Gasteiger partial charge in [-0.25, -0.2) is 0 Å². The third-order valence-electron chi connectivity index (χ3n) is 4.85. The molecule has 1 amide bonds. The Hall–Kier alpha value is -3.19. The van der Waals surface area contributed by atoms with Gasteiger partial charge in [-0.2, -0.15) is 0 Å². The highest BCUT2D eigenvalue weighted by atomic mass is 16.5. The first kappa shape index (κ1) is 21.5. The van der Waals surface area contributed by atoms with Gasteiger partial charge in [0.15, 0.2) is 0 Å². The Morgan fingerprint density at radius 1 is 1.20 bits per heavy atom. The number of pyridine rings is 1. The Labute approximate surface area is 175 Å². The predicted octanol–water partition coefficient (Wildman–Crippen LogP) is 3.33. The second-order valence-corrected chi connectivity index (χ2v) is 7.25. The number of ketones is 1. The normalized spacial score (nSPS) is 18.3. The largest absolute Gasteiger partial charge is 0.507 e. The van der Waals surface area contributed by atoms with Crippen molar-refractivity contribution in [1.82, 2.24) is 9.88 Å². The minimum Gasteiger partial charge on any atom is -0.507 e. The number of rotatable bonds is 8. The maximum Gasteiger partial charge on any atom is 0.295 e. The van der Waals surface area contributed by atoms with Crippen molar-refractivity contribution in [2.24, 2.45) is 0 Å². The molecule has 0 aliphatic carbocycles. The quantitative estimate of drug-likeness (QED) is 0.311. The molecular weight excluding hydrogens is 384 g/mol. The van der Waals surface area contributed by atoms with Crippen LogP contribution in [0.15, 0.2) is 54.2 Å². The van der Waals surface area contributed by atoms with Crippen LogP contribution >= 0.6 is 0 Å². The molecule has 158 valence electrons. The number of aliphatic hydroxyl groups is 1. The number of amides is 1. The number of Topliss-reactive ketones (excluding diaryl/α,β-unsaturated/α-hetero) is 1. The van der Waals surface area contributed by atoms with E-state index in [0.29, 0.717) is 36.6 Å². The van der Waals surface area contributed by atoms with Crippen molar-refractivity contribution < 1.29 is 24.2 Å². The summed E-state index contributed by atoms with van der Waals surface area (Å²) in [5.41, 5.74) is 0.944. The Bertz CT molecular complexity index is 940. The molecular formula is C23H26N2O5. The van der Waals surface area contributed by atoms with E-state index < -0.39 is 17.7 Å². The Morgan fingerprint density at radius 3 is 2.67 bits per heavy atom. The van der Waals surface area contributed by atoms with Gasteiger partial charge in [0.2, 0.25) is 0 Å². The van der Waals surface area contributed by atoms with Crippen LogP contribution in [-0.4, -0.2) is 53.0 Å². The van der Waals surface area contributed by atoms with E-state index in [0.717, 1.165) is 0 Å². The lowest BCUT2D eigenvalue weighted by Crippen LogP contribution is -2.31. The Morgan fingerprint density at radius 2 is 2.00 bits per heavy atom. The van der Waals surface area contributed by atoms with Crippen LogP contribution in [0.1, 0.15) is 37.6 Å². The van der Waals surface area contributed by atoms with Crippen LogP contribution in [0.25, 0.3) is 5.76 Å². The maximum atomic E-state index is 12.9. The SMILES string of the molecule is COc1cccc(/C(O)=C2/C(=O)C(=O)N(CCCOC(C)C)C2c2ccccn2)c1. The van der Waals surface area contributed by atoms with E-state index in [-0.39, 0.29) is 17.4 Å². The predicted molar refractivity (Wildman–Crippen MR) is 112 cm³/mol. The average Bonchev–Trinajstić information content (AvgIpc) is 3.01. The molecule has 1 aromatic carbocycles. The fourth-order valence-corrected chi connectivity index (χ4v) is 3.44. The van der Waals surface area contributed by atoms with Crippen molar-refractivity contribution in [2.75, 3.05) is 20.3 Å². The van der Waals surface area contributed by atoms with Crippen LogP contribution in [0.4, 0.5) is 0 Å². The zero-order valence-electron chi connectivity index (χ0n) is 17.4. The van der Waals surface area contributed by atoms with Gasteiger partial charge in [-0.05, 0) is 44.5 Å². The number of benzene rings is 1. The van der Waals surface area contributed by atoms with E-state index in [4.69, 9.17) is 9.47 Å². The smallest absolute Gasteiger partial charge is 0.295 e. The lowest BCUT2D eigenvalue weighted by Gasteiger charge is -2.24. The number of hydrogen-bond acceptors (Lipinski definition) is 6. The highest BCUT2D eigenvalue weighted by Crippen LogP contribution is 2.38. The molecule has 0 spiro atoms. The van der Waals surface area contributed by atoms with E-state index >= 15 is 0 Å².